The minimum Gasteiger partial charge on any atom is -0.488 e. The van der Waals surface area contributed by atoms with Crippen LogP contribution >= 0.6 is 15.9 Å². The van der Waals surface area contributed by atoms with E-state index in [0.29, 0.717) is 18.8 Å². The second kappa shape index (κ2) is 16.0. The molecule has 178 valence electrons. The molecule has 0 heterocycles. The van der Waals surface area contributed by atoms with Crippen molar-refractivity contribution in [3.63, 3.8) is 0 Å². The van der Waals surface area contributed by atoms with Gasteiger partial charge in [0.2, 0.25) is 5.91 Å². The normalized spacial score (nSPS) is 10.8. The smallest absolute Gasteiger partial charge is 0.259 e. The lowest BCUT2D eigenvalue weighted by atomic mass is 10.1. The minimum absolute atomic E-state index is 0.0889. The topological polar surface area (TPSA) is 79.8 Å². The average molecular weight is 516 g/mol. The summed E-state index contributed by atoms with van der Waals surface area (Å²) in [7, 11) is 0. The van der Waals surface area contributed by atoms with E-state index >= 15 is 0 Å². The molecule has 2 aromatic carbocycles. The maximum absolute atomic E-state index is 12.0. The number of carbonyl (C=O) groups is 2. The van der Waals surface area contributed by atoms with Crippen molar-refractivity contribution < 1.29 is 14.3 Å². The summed E-state index contributed by atoms with van der Waals surface area (Å²) >= 11 is 3.42. The van der Waals surface area contributed by atoms with Gasteiger partial charge < -0.3 is 10.1 Å². The Hall–Kier alpha value is -2.67. The van der Waals surface area contributed by atoms with E-state index in [1.807, 2.05) is 48.5 Å². The van der Waals surface area contributed by atoms with Gasteiger partial charge in [-0.2, -0.15) is 5.10 Å². The number of unbranched alkanes of at least 4 members (excludes halogenated alkanes) is 6. The van der Waals surface area contributed by atoms with Crippen molar-refractivity contribution in [3.05, 3.63) is 64.1 Å². The molecule has 0 aromatic heterocycles. The standard InChI is InChI=1S/C26H34BrN3O3/c1-2-3-4-5-6-7-8-13-25(31)28-19-26(32)30-29-18-22-11-9-10-12-24(22)33-20-21-14-16-23(27)17-15-21/h9-12,14-18H,2-8,13,19-20H2,1H3,(H,28,31)(H,30,32)/b29-18+. The molecule has 0 atom stereocenters. The van der Waals surface area contributed by atoms with Crippen molar-refractivity contribution in [3.8, 4) is 5.75 Å². The third-order valence-corrected chi connectivity index (χ3v) is 5.60. The van der Waals surface area contributed by atoms with E-state index in [1.54, 1.807) is 0 Å². The predicted octanol–water partition coefficient (Wildman–Crippen LogP) is 5.74. The Morgan fingerprint density at radius 2 is 1.64 bits per heavy atom. The first-order valence-electron chi connectivity index (χ1n) is 11.6. The van der Waals surface area contributed by atoms with Gasteiger partial charge in [0, 0.05) is 16.5 Å². The van der Waals surface area contributed by atoms with Gasteiger partial charge in [-0.05, 0) is 36.2 Å². The monoisotopic (exact) mass is 515 g/mol. The molecule has 0 saturated carbocycles. The van der Waals surface area contributed by atoms with E-state index in [2.05, 4.69) is 38.7 Å². The number of halogens is 1. The van der Waals surface area contributed by atoms with Crippen LogP contribution in [0.5, 0.6) is 5.75 Å². The molecular formula is C26H34BrN3O3. The third kappa shape index (κ3) is 11.7. The molecule has 0 aliphatic heterocycles. The SMILES string of the molecule is CCCCCCCCCC(=O)NCC(=O)N/N=C/c1ccccc1OCc1ccc(Br)cc1. The molecule has 2 aromatic rings. The number of hydrogen-bond acceptors (Lipinski definition) is 4. The van der Waals surface area contributed by atoms with Gasteiger partial charge in [-0.15, -0.1) is 0 Å². The van der Waals surface area contributed by atoms with Crippen molar-refractivity contribution in [1.29, 1.82) is 0 Å². The molecular weight excluding hydrogens is 482 g/mol. The van der Waals surface area contributed by atoms with Crippen molar-refractivity contribution in [2.75, 3.05) is 6.54 Å². The van der Waals surface area contributed by atoms with Crippen LogP contribution in [0.1, 0.15) is 69.4 Å². The van der Waals surface area contributed by atoms with Crippen molar-refractivity contribution in [2.24, 2.45) is 5.10 Å². The maximum Gasteiger partial charge on any atom is 0.259 e. The lowest BCUT2D eigenvalue weighted by Gasteiger charge is -2.09. The number of nitrogens with zero attached hydrogens (tertiary/aromatic N) is 1. The van der Waals surface area contributed by atoms with E-state index in [9.17, 15) is 9.59 Å². The van der Waals surface area contributed by atoms with Crippen LogP contribution in [0, 0.1) is 0 Å². The van der Waals surface area contributed by atoms with Crippen LogP contribution in [0.3, 0.4) is 0 Å². The van der Waals surface area contributed by atoms with Crippen LogP contribution in [0.2, 0.25) is 0 Å². The quantitative estimate of drug-likeness (QED) is 0.180. The Labute approximate surface area is 205 Å². The number of hydrogen-bond donors (Lipinski definition) is 2. The van der Waals surface area contributed by atoms with Gasteiger partial charge in [0.25, 0.3) is 5.91 Å². The van der Waals surface area contributed by atoms with Gasteiger partial charge in [0.1, 0.15) is 12.4 Å². The third-order valence-electron chi connectivity index (χ3n) is 5.07. The summed E-state index contributed by atoms with van der Waals surface area (Å²) < 4.78 is 6.91. The fourth-order valence-electron chi connectivity index (χ4n) is 3.18. The van der Waals surface area contributed by atoms with Crippen LogP contribution in [-0.4, -0.2) is 24.6 Å². The van der Waals surface area contributed by atoms with Gasteiger partial charge in [-0.3, -0.25) is 9.59 Å². The van der Waals surface area contributed by atoms with E-state index in [1.165, 1.54) is 31.9 Å². The molecule has 2 N–H and O–H groups in total. The first-order chi connectivity index (χ1) is 16.1. The van der Waals surface area contributed by atoms with Crippen LogP contribution in [0.15, 0.2) is 58.1 Å². The second-order valence-corrected chi connectivity index (χ2v) is 8.81. The number of ether oxygens (including phenoxy) is 1. The zero-order valence-electron chi connectivity index (χ0n) is 19.3. The average Bonchev–Trinajstić information content (AvgIpc) is 2.82. The molecule has 0 saturated heterocycles. The van der Waals surface area contributed by atoms with Gasteiger partial charge in [-0.25, -0.2) is 5.43 Å². The van der Waals surface area contributed by atoms with E-state index in [0.717, 1.165) is 34.9 Å². The number of benzene rings is 2. The van der Waals surface area contributed by atoms with Crippen LogP contribution in [0.25, 0.3) is 0 Å². The highest BCUT2D eigenvalue weighted by Crippen LogP contribution is 2.18. The minimum atomic E-state index is -0.368. The van der Waals surface area contributed by atoms with Crippen molar-refractivity contribution in [1.82, 2.24) is 10.7 Å². The first kappa shape index (κ1) is 26.6. The lowest BCUT2D eigenvalue weighted by Crippen LogP contribution is -2.34. The largest absolute Gasteiger partial charge is 0.488 e. The Balaban J connectivity index is 1.67. The van der Waals surface area contributed by atoms with Crippen molar-refractivity contribution in [2.45, 2.75) is 64.9 Å². The Morgan fingerprint density at radius 3 is 2.39 bits per heavy atom. The summed E-state index contributed by atoms with van der Waals surface area (Å²) in [5.74, 6) is 0.197. The zero-order chi connectivity index (χ0) is 23.7. The molecule has 2 rings (SSSR count). The molecule has 0 spiro atoms. The molecule has 0 radical (unpaired) electrons. The maximum atomic E-state index is 12.0. The summed E-state index contributed by atoms with van der Waals surface area (Å²) in [5.41, 5.74) is 4.24. The predicted molar refractivity (Wildman–Crippen MR) is 136 cm³/mol. The first-order valence-corrected chi connectivity index (χ1v) is 12.4. The zero-order valence-corrected chi connectivity index (χ0v) is 20.9. The van der Waals surface area contributed by atoms with E-state index in [-0.39, 0.29) is 18.4 Å². The van der Waals surface area contributed by atoms with Crippen LogP contribution in [-0.2, 0) is 16.2 Å². The van der Waals surface area contributed by atoms with Gasteiger partial charge >= 0.3 is 0 Å². The molecule has 33 heavy (non-hydrogen) atoms. The van der Waals surface area contributed by atoms with E-state index < -0.39 is 0 Å². The molecule has 0 aliphatic carbocycles. The number of hydrazone groups is 1. The lowest BCUT2D eigenvalue weighted by molar-refractivity contribution is -0.126. The van der Waals surface area contributed by atoms with Gasteiger partial charge in [0.15, 0.2) is 0 Å². The fraction of sp³-hybridized carbons (Fsp3) is 0.423. The Bertz CT molecular complexity index is 885. The highest BCUT2D eigenvalue weighted by Gasteiger charge is 2.05. The Morgan fingerprint density at radius 1 is 0.939 bits per heavy atom. The highest BCUT2D eigenvalue weighted by molar-refractivity contribution is 9.10. The van der Waals surface area contributed by atoms with Crippen LogP contribution in [0.4, 0.5) is 0 Å². The summed E-state index contributed by atoms with van der Waals surface area (Å²) in [4.78, 5) is 23.8. The molecule has 0 fully saturated rings. The summed E-state index contributed by atoms with van der Waals surface area (Å²) in [6.07, 6.45) is 10.1. The van der Waals surface area contributed by atoms with Crippen molar-refractivity contribution >= 4 is 34.0 Å². The van der Waals surface area contributed by atoms with Gasteiger partial charge in [0.05, 0.1) is 12.8 Å². The number of carbonyl (C=O) groups excluding carboxylic acids is 2. The van der Waals surface area contributed by atoms with Crippen LogP contribution < -0.4 is 15.5 Å². The molecule has 0 aliphatic rings. The van der Waals surface area contributed by atoms with Gasteiger partial charge in [-0.1, -0.05) is 85.6 Å². The molecule has 0 unspecified atom stereocenters. The summed E-state index contributed by atoms with van der Waals surface area (Å²) in [6, 6.07) is 15.4. The molecule has 6 nitrogen and oxygen atoms in total. The number of rotatable bonds is 15. The summed E-state index contributed by atoms with van der Waals surface area (Å²) in [6.45, 7) is 2.54. The number of para-hydroxylation sites is 1. The fourth-order valence-corrected chi connectivity index (χ4v) is 3.45. The highest BCUT2D eigenvalue weighted by atomic mass is 79.9. The molecule has 7 heteroatoms. The number of nitrogens with one attached hydrogen (secondary N) is 2. The molecule has 0 bridgehead atoms. The number of amides is 2. The molecule has 2 amide bonds. The second-order valence-electron chi connectivity index (χ2n) is 7.89. The Kier molecular flexibility index (Phi) is 12.9. The summed E-state index contributed by atoms with van der Waals surface area (Å²) in [5, 5.41) is 6.64. The van der Waals surface area contributed by atoms with E-state index in [4.69, 9.17) is 4.74 Å².